The molecule has 1 aromatic carbocycles. The molecule has 0 unspecified atom stereocenters. The van der Waals surface area contributed by atoms with E-state index in [1.807, 2.05) is 60.8 Å². The Hall–Kier alpha value is -2.60. The van der Waals surface area contributed by atoms with Crippen LogP contribution in [0.15, 0.2) is 34.9 Å². The van der Waals surface area contributed by atoms with Gasteiger partial charge in [0, 0.05) is 30.7 Å². The fraction of sp³-hybridized carbons (Fsp3) is 0.368. The number of nitrogens with zero attached hydrogens (tertiary/aromatic N) is 3. The van der Waals surface area contributed by atoms with Gasteiger partial charge >= 0.3 is 0 Å². The van der Waals surface area contributed by atoms with Crippen molar-refractivity contribution in [2.75, 3.05) is 19.7 Å². The SMILES string of the molecule is Cc1cn(C)c([C@@H]2CN(C(=O)c3ccc4oc(C)cc4c3)CCO2)n1. The van der Waals surface area contributed by atoms with Crippen molar-refractivity contribution in [1.82, 2.24) is 14.5 Å². The van der Waals surface area contributed by atoms with Crippen LogP contribution >= 0.6 is 0 Å². The zero-order valence-electron chi connectivity index (χ0n) is 14.7. The molecule has 130 valence electrons. The zero-order chi connectivity index (χ0) is 17.6. The van der Waals surface area contributed by atoms with Crippen LogP contribution in [0.5, 0.6) is 0 Å². The predicted octanol–water partition coefficient (Wildman–Crippen LogP) is 3.00. The molecule has 1 saturated heterocycles. The van der Waals surface area contributed by atoms with Gasteiger partial charge in [0.2, 0.25) is 0 Å². The minimum absolute atomic E-state index is 0.0139. The Balaban J connectivity index is 1.57. The van der Waals surface area contributed by atoms with Crippen molar-refractivity contribution in [3.05, 3.63) is 53.3 Å². The molecule has 1 aliphatic rings. The first kappa shape index (κ1) is 15.9. The quantitative estimate of drug-likeness (QED) is 0.720. The zero-order valence-corrected chi connectivity index (χ0v) is 14.7. The van der Waals surface area contributed by atoms with Gasteiger partial charge in [-0.3, -0.25) is 4.79 Å². The van der Waals surface area contributed by atoms with E-state index < -0.39 is 0 Å². The van der Waals surface area contributed by atoms with Crippen molar-refractivity contribution < 1.29 is 13.9 Å². The van der Waals surface area contributed by atoms with Crippen molar-refractivity contribution in [2.24, 2.45) is 7.05 Å². The lowest BCUT2D eigenvalue weighted by Gasteiger charge is -2.32. The minimum atomic E-state index is -0.198. The van der Waals surface area contributed by atoms with Crippen molar-refractivity contribution >= 4 is 16.9 Å². The maximum atomic E-state index is 12.9. The van der Waals surface area contributed by atoms with E-state index in [0.717, 1.165) is 28.2 Å². The summed E-state index contributed by atoms with van der Waals surface area (Å²) in [6, 6.07) is 7.52. The number of morpholine rings is 1. The molecular weight excluding hydrogens is 318 g/mol. The summed E-state index contributed by atoms with van der Waals surface area (Å²) in [5.74, 6) is 1.71. The summed E-state index contributed by atoms with van der Waals surface area (Å²) in [4.78, 5) is 19.3. The highest BCUT2D eigenvalue weighted by Crippen LogP contribution is 2.24. The highest BCUT2D eigenvalue weighted by atomic mass is 16.5. The van der Waals surface area contributed by atoms with Crippen LogP contribution in [0, 0.1) is 13.8 Å². The van der Waals surface area contributed by atoms with Gasteiger partial charge in [0.05, 0.1) is 18.8 Å². The first-order valence-electron chi connectivity index (χ1n) is 8.42. The molecule has 1 atom stereocenters. The number of amides is 1. The van der Waals surface area contributed by atoms with E-state index in [2.05, 4.69) is 4.98 Å². The number of hydrogen-bond donors (Lipinski definition) is 0. The molecule has 1 amide bonds. The smallest absolute Gasteiger partial charge is 0.254 e. The second kappa shape index (κ2) is 6.04. The molecule has 1 aliphatic heterocycles. The van der Waals surface area contributed by atoms with Crippen LogP contribution in [-0.2, 0) is 11.8 Å². The third-order valence-electron chi connectivity index (χ3n) is 4.56. The number of imidazole rings is 1. The Kier molecular flexibility index (Phi) is 3.84. The lowest BCUT2D eigenvalue weighted by Crippen LogP contribution is -2.42. The highest BCUT2D eigenvalue weighted by molar-refractivity contribution is 5.97. The second-order valence-corrected chi connectivity index (χ2v) is 6.57. The number of aromatic nitrogens is 2. The van der Waals surface area contributed by atoms with Gasteiger partial charge in [-0.1, -0.05) is 0 Å². The van der Waals surface area contributed by atoms with E-state index in [0.29, 0.717) is 25.3 Å². The Labute approximate surface area is 146 Å². The Morgan fingerprint density at radius 2 is 2.12 bits per heavy atom. The molecule has 0 radical (unpaired) electrons. The average molecular weight is 339 g/mol. The van der Waals surface area contributed by atoms with Gasteiger partial charge in [-0.2, -0.15) is 0 Å². The summed E-state index contributed by atoms with van der Waals surface area (Å²) in [6.07, 6.45) is 1.77. The molecule has 3 aromatic rings. The van der Waals surface area contributed by atoms with Gasteiger partial charge in [0.1, 0.15) is 23.3 Å². The van der Waals surface area contributed by atoms with E-state index in [-0.39, 0.29) is 12.0 Å². The summed E-state index contributed by atoms with van der Waals surface area (Å²) in [6.45, 7) is 5.46. The summed E-state index contributed by atoms with van der Waals surface area (Å²) in [7, 11) is 1.95. The van der Waals surface area contributed by atoms with Gasteiger partial charge in [0.15, 0.2) is 0 Å². The first-order chi connectivity index (χ1) is 12.0. The standard InChI is InChI=1S/C19H21N3O3/c1-12-10-21(3)18(20-12)17-11-22(6-7-24-17)19(23)14-4-5-16-15(9-14)8-13(2)25-16/h4-5,8-10,17H,6-7,11H2,1-3H3/t17-/m0/s1. The number of fused-ring (bicyclic) bond motifs is 1. The van der Waals surface area contributed by atoms with E-state index in [1.54, 1.807) is 0 Å². The Morgan fingerprint density at radius 1 is 1.28 bits per heavy atom. The molecule has 0 aliphatic carbocycles. The number of aryl methyl sites for hydroxylation is 3. The minimum Gasteiger partial charge on any atom is -0.461 e. The maximum Gasteiger partial charge on any atom is 0.254 e. The predicted molar refractivity (Wildman–Crippen MR) is 93.5 cm³/mol. The van der Waals surface area contributed by atoms with Crippen LogP contribution < -0.4 is 0 Å². The first-order valence-corrected chi connectivity index (χ1v) is 8.42. The van der Waals surface area contributed by atoms with E-state index in [4.69, 9.17) is 9.15 Å². The van der Waals surface area contributed by atoms with Crippen molar-refractivity contribution in [3.63, 3.8) is 0 Å². The van der Waals surface area contributed by atoms with E-state index in [1.165, 1.54) is 0 Å². The summed E-state index contributed by atoms with van der Waals surface area (Å²) >= 11 is 0. The second-order valence-electron chi connectivity index (χ2n) is 6.57. The average Bonchev–Trinajstić information content (AvgIpc) is 3.14. The van der Waals surface area contributed by atoms with Crippen LogP contribution in [-0.4, -0.2) is 40.1 Å². The Morgan fingerprint density at radius 3 is 2.88 bits per heavy atom. The van der Waals surface area contributed by atoms with Crippen LogP contribution in [0.4, 0.5) is 0 Å². The molecule has 6 nitrogen and oxygen atoms in total. The van der Waals surface area contributed by atoms with Crippen LogP contribution in [0.25, 0.3) is 11.0 Å². The van der Waals surface area contributed by atoms with Crippen molar-refractivity contribution in [2.45, 2.75) is 20.0 Å². The Bertz CT molecular complexity index is 941. The molecule has 2 aromatic heterocycles. The molecule has 1 fully saturated rings. The number of benzene rings is 1. The number of ether oxygens (including phenoxy) is 1. The van der Waals surface area contributed by atoms with Crippen LogP contribution in [0.3, 0.4) is 0 Å². The number of carbonyl (C=O) groups is 1. The molecule has 3 heterocycles. The van der Waals surface area contributed by atoms with Gasteiger partial charge < -0.3 is 18.6 Å². The summed E-state index contributed by atoms with van der Waals surface area (Å²) < 4.78 is 13.4. The number of rotatable bonds is 2. The van der Waals surface area contributed by atoms with Gasteiger partial charge in [-0.25, -0.2) is 4.98 Å². The summed E-state index contributed by atoms with van der Waals surface area (Å²) in [5, 5.41) is 0.952. The molecule has 0 saturated carbocycles. The molecule has 6 heteroatoms. The molecular formula is C19H21N3O3. The lowest BCUT2D eigenvalue weighted by atomic mass is 10.1. The molecule has 25 heavy (non-hydrogen) atoms. The number of furan rings is 1. The molecule has 0 bridgehead atoms. The van der Waals surface area contributed by atoms with Crippen molar-refractivity contribution in [1.29, 1.82) is 0 Å². The lowest BCUT2D eigenvalue weighted by molar-refractivity contribution is -0.0279. The maximum absolute atomic E-state index is 12.9. The number of carbonyl (C=O) groups excluding carboxylic acids is 1. The van der Waals surface area contributed by atoms with Crippen LogP contribution in [0.1, 0.15) is 33.7 Å². The summed E-state index contributed by atoms with van der Waals surface area (Å²) in [5.41, 5.74) is 2.42. The third kappa shape index (κ3) is 2.93. The molecule has 0 N–H and O–H groups in total. The van der Waals surface area contributed by atoms with Crippen LogP contribution in [0.2, 0.25) is 0 Å². The van der Waals surface area contributed by atoms with E-state index >= 15 is 0 Å². The largest absolute Gasteiger partial charge is 0.461 e. The van der Waals surface area contributed by atoms with Gasteiger partial charge in [-0.15, -0.1) is 0 Å². The molecule has 0 spiro atoms. The van der Waals surface area contributed by atoms with E-state index in [9.17, 15) is 4.79 Å². The third-order valence-corrected chi connectivity index (χ3v) is 4.56. The van der Waals surface area contributed by atoms with Crippen molar-refractivity contribution in [3.8, 4) is 0 Å². The highest BCUT2D eigenvalue weighted by Gasteiger charge is 2.28. The normalized spacial score (nSPS) is 18.0. The van der Waals surface area contributed by atoms with Gasteiger partial charge in [0.25, 0.3) is 5.91 Å². The fourth-order valence-corrected chi connectivity index (χ4v) is 3.42. The number of hydrogen-bond acceptors (Lipinski definition) is 4. The monoisotopic (exact) mass is 339 g/mol. The molecule has 4 rings (SSSR count). The fourth-order valence-electron chi connectivity index (χ4n) is 3.42. The topological polar surface area (TPSA) is 60.5 Å². The van der Waals surface area contributed by atoms with Gasteiger partial charge in [-0.05, 0) is 38.1 Å².